The summed E-state index contributed by atoms with van der Waals surface area (Å²) in [7, 11) is 0. The van der Waals surface area contributed by atoms with E-state index in [-0.39, 0.29) is 24.3 Å². The minimum Gasteiger partial charge on any atom is -0.444 e. The molecule has 2 aliphatic rings. The fraction of sp³-hybridized carbons (Fsp3) is 0.571. The second kappa shape index (κ2) is 8.31. The molecule has 1 aromatic rings. The van der Waals surface area contributed by atoms with Crippen molar-refractivity contribution in [2.45, 2.75) is 64.3 Å². The third kappa shape index (κ3) is 5.10. The van der Waals surface area contributed by atoms with Crippen LogP contribution in [0.3, 0.4) is 0 Å². The summed E-state index contributed by atoms with van der Waals surface area (Å²) in [6.07, 6.45) is 1.29. The van der Waals surface area contributed by atoms with Gasteiger partial charge in [-0.3, -0.25) is 19.4 Å². The van der Waals surface area contributed by atoms with E-state index in [2.05, 4.69) is 10.2 Å². The van der Waals surface area contributed by atoms with E-state index >= 15 is 0 Å². The molecule has 1 N–H and O–H groups in total. The third-order valence-electron chi connectivity index (χ3n) is 5.09. The summed E-state index contributed by atoms with van der Waals surface area (Å²) in [5.74, 6) is -0.236. The van der Waals surface area contributed by atoms with Crippen LogP contribution in [0.25, 0.3) is 0 Å². The normalized spacial score (nSPS) is 21.8. The van der Waals surface area contributed by atoms with Gasteiger partial charge in [-0.15, -0.1) is 0 Å². The summed E-state index contributed by atoms with van der Waals surface area (Å²) < 4.78 is 5.30. The number of carbonyl (C=O) groups is 3. The molecule has 28 heavy (non-hydrogen) atoms. The van der Waals surface area contributed by atoms with Crippen LogP contribution < -0.4 is 5.32 Å². The first kappa shape index (κ1) is 20.3. The Balaban J connectivity index is 1.51. The molecule has 2 heterocycles. The molecule has 1 atom stereocenters. The van der Waals surface area contributed by atoms with Crippen LogP contribution in [-0.4, -0.2) is 58.5 Å². The Hall–Kier alpha value is -2.41. The van der Waals surface area contributed by atoms with E-state index in [1.807, 2.05) is 51.1 Å². The van der Waals surface area contributed by atoms with Gasteiger partial charge in [0, 0.05) is 19.1 Å². The molecule has 2 fully saturated rings. The van der Waals surface area contributed by atoms with Gasteiger partial charge in [-0.1, -0.05) is 30.3 Å². The van der Waals surface area contributed by atoms with Gasteiger partial charge in [0.2, 0.25) is 11.8 Å². The maximum absolute atomic E-state index is 12.8. The highest BCUT2D eigenvalue weighted by atomic mass is 16.6. The largest absolute Gasteiger partial charge is 0.444 e. The highest BCUT2D eigenvalue weighted by Crippen LogP contribution is 2.24. The first-order valence-corrected chi connectivity index (χ1v) is 9.84. The van der Waals surface area contributed by atoms with Crippen molar-refractivity contribution in [3.8, 4) is 0 Å². The molecular formula is C21H29N3O4. The van der Waals surface area contributed by atoms with Crippen molar-refractivity contribution in [2.24, 2.45) is 0 Å². The lowest BCUT2D eigenvalue weighted by Gasteiger charge is -2.35. The molecule has 2 saturated heterocycles. The average Bonchev–Trinajstić information content (AvgIpc) is 2.90. The van der Waals surface area contributed by atoms with Crippen LogP contribution in [0.4, 0.5) is 4.79 Å². The summed E-state index contributed by atoms with van der Waals surface area (Å²) in [4.78, 5) is 40.6. The second-order valence-corrected chi connectivity index (χ2v) is 8.48. The number of alkyl carbamates (subject to hydrolysis) is 1. The number of nitrogens with one attached hydrogen (secondary N) is 1. The van der Waals surface area contributed by atoms with Crippen LogP contribution in [0.2, 0.25) is 0 Å². The molecule has 0 unspecified atom stereocenters. The van der Waals surface area contributed by atoms with Gasteiger partial charge >= 0.3 is 6.09 Å². The van der Waals surface area contributed by atoms with Gasteiger partial charge in [-0.25, -0.2) is 4.79 Å². The zero-order valence-electron chi connectivity index (χ0n) is 16.8. The molecule has 2 aliphatic heterocycles. The summed E-state index contributed by atoms with van der Waals surface area (Å²) in [6.45, 7) is 7.16. The van der Waals surface area contributed by atoms with Crippen LogP contribution >= 0.6 is 0 Å². The van der Waals surface area contributed by atoms with Crippen LogP contribution in [-0.2, 0) is 20.9 Å². The monoisotopic (exact) mass is 387 g/mol. The van der Waals surface area contributed by atoms with E-state index in [1.54, 1.807) is 0 Å². The topological polar surface area (TPSA) is 79.0 Å². The van der Waals surface area contributed by atoms with E-state index in [4.69, 9.17) is 4.74 Å². The SMILES string of the molecule is CC(C)(C)OC(=O)NC1CCN([C@@H]2CC(=O)N(Cc3ccccc3)C2=O)CC1. The molecule has 0 spiro atoms. The quantitative estimate of drug-likeness (QED) is 0.802. The van der Waals surface area contributed by atoms with Crippen molar-refractivity contribution in [3.05, 3.63) is 35.9 Å². The minimum atomic E-state index is -0.524. The van der Waals surface area contributed by atoms with E-state index in [1.165, 1.54) is 4.90 Å². The molecule has 0 aromatic heterocycles. The molecule has 3 rings (SSSR count). The number of rotatable bonds is 4. The Kier molecular flexibility index (Phi) is 6.03. The van der Waals surface area contributed by atoms with Crippen molar-refractivity contribution < 1.29 is 19.1 Å². The number of piperidine rings is 1. The number of likely N-dealkylation sites (tertiary alicyclic amines) is 2. The maximum Gasteiger partial charge on any atom is 0.407 e. The zero-order valence-corrected chi connectivity index (χ0v) is 16.8. The summed E-state index contributed by atoms with van der Waals surface area (Å²) in [5, 5.41) is 2.90. The number of nitrogens with zero attached hydrogens (tertiary/aromatic N) is 2. The Morgan fingerprint density at radius 1 is 1.14 bits per heavy atom. The van der Waals surface area contributed by atoms with Gasteiger partial charge in [0.15, 0.2) is 0 Å². The van der Waals surface area contributed by atoms with Crippen LogP contribution in [0.15, 0.2) is 30.3 Å². The number of benzene rings is 1. The summed E-state index contributed by atoms with van der Waals surface area (Å²) in [5.41, 5.74) is 0.425. The zero-order chi connectivity index (χ0) is 20.3. The Morgan fingerprint density at radius 2 is 1.79 bits per heavy atom. The van der Waals surface area contributed by atoms with Gasteiger partial charge in [0.25, 0.3) is 0 Å². The molecule has 0 saturated carbocycles. The average molecular weight is 387 g/mol. The number of ether oxygens (including phenoxy) is 1. The molecule has 152 valence electrons. The smallest absolute Gasteiger partial charge is 0.407 e. The standard InChI is InChI=1S/C21H29N3O4/c1-21(2,3)28-20(27)22-16-9-11-23(12-10-16)17-13-18(25)24(19(17)26)14-15-7-5-4-6-8-15/h4-8,16-17H,9-14H2,1-3H3,(H,22,27)/t17-/m1/s1. The first-order valence-electron chi connectivity index (χ1n) is 9.84. The predicted molar refractivity (Wildman–Crippen MR) is 104 cm³/mol. The highest BCUT2D eigenvalue weighted by molar-refractivity contribution is 6.05. The predicted octanol–water partition coefficient (Wildman–Crippen LogP) is 2.30. The van der Waals surface area contributed by atoms with Gasteiger partial charge in [0.1, 0.15) is 5.60 Å². The lowest BCUT2D eigenvalue weighted by molar-refractivity contribution is -0.140. The molecular weight excluding hydrogens is 358 g/mol. The van der Waals surface area contributed by atoms with E-state index < -0.39 is 17.7 Å². The Bertz CT molecular complexity index is 721. The number of carbonyl (C=O) groups excluding carboxylic acids is 3. The van der Waals surface area contributed by atoms with E-state index in [0.29, 0.717) is 19.6 Å². The van der Waals surface area contributed by atoms with Gasteiger partial charge < -0.3 is 10.1 Å². The Morgan fingerprint density at radius 3 is 2.39 bits per heavy atom. The van der Waals surface area contributed by atoms with Crippen LogP contribution in [0.1, 0.15) is 45.6 Å². The molecule has 0 aliphatic carbocycles. The minimum absolute atomic E-state index is 0.0266. The van der Waals surface area contributed by atoms with Gasteiger partial charge in [-0.05, 0) is 39.2 Å². The van der Waals surface area contributed by atoms with E-state index in [0.717, 1.165) is 18.4 Å². The molecule has 0 bridgehead atoms. The number of hydrogen-bond donors (Lipinski definition) is 1. The molecule has 7 heteroatoms. The van der Waals surface area contributed by atoms with E-state index in [9.17, 15) is 14.4 Å². The molecule has 7 nitrogen and oxygen atoms in total. The maximum atomic E-state index is 12.8. The van der Waals surface area contributed by atoms with Crippen molar-refractivity contribution in [2.75, 3.05) is 13.1 Å². The highest BCUT2D eigenvalue weighted by Gasteiger charge is 2.42. The van der Waals surface area contributed by atoms with Crippen molar-refractivity contribution >= 4 is 17.9 Å². The number of amides is 3. The van der Waals surface area contributed by atoms with Crippen LogP contribution in [0.5, 0.6) is 0 Å². The van der Waals surface area contributed by atoms with Crippen molar-refractivity contribution in [1.82, 2.24) is 15.1 Å². The Labute approximate surface area is 166 Å². The van der Waals surface area contributed by atoms with Gasteiger partial charge in [0.05, 0.1) is 19.0 Å². The lowest BCUT2D eigenvalue weighted by Crippen LogP contribution is -2.50. The van der Waals surface area contributed by atoms with Gasteiger partial charge in [-0.2, -0.15) is 0 Å². The van der Waals surface area contributed by atoms with Crippen molar-refractivity contribution in [3.63, 3.8) is 0 Å². The van der Waals surface area contributed by atoms with Crippen molar-refractivity contribution in [1.29, 1.82) is 0 Å². The third-order valence-corrected chi connectivity index (χ3v) is 5.09. The second-order valence-electron chi connectivity index (χ2n) is 8.48. The lowest BCUT2D eigenvalue weighted by atomic mass is 10.0. The summed E-state index contributed by atoms with van der Waals surface area (Å²) >= 11 is 0. The first-order chi connectivity index (χ1) is 13.2. The number of hydrogen-bond acceptors (Lipinski definition) is 5. The fourth-order valence-corrected chi connectivity index (χ4v) is 3.71. The fourth-order valence-electron chi connectivity index (χ4n) is 3.71. The number of imide groups is 1. The molecule has 3 amide bonds. The van der Waals surface area contributed by atoms with Crippen LogP contribution in [0, 0.1) is 0 Å². The molecule has 1 aromatic carbocycles. The molecule has 0 radical (unpaired) electrons. The summed E-state index contributed by atoms with van der Waals surface area (Å²) in [6, 6.07) is 9.19.